The number of carbonyl (C=O) groups is 1. The van der Waals surface area contributed by atoms with Gasteiger partial charge in [-0.15, -0.1) is 0 Å². The number of amides is 1. The molecule has 1 amide bonds. The smallest absolute Gasteiger partial charge is 0.410 e. The summed E-state index contributed by atoms with van der Waals surface area (Å²) < 4.78 is 5.05. The molecule has 1 aromatic rings. The lowest BCUT2D eigenvalue weighted by molar-refractivity contribution is 0.200. The minimum Gasteiger partial charge on any atom is -0.410 e. The summed E-state index contributed by atoms with van der Waals surface area (Å²) >= 11 is 0. The molecule has 1 aromatic carbocycles. The maximum Gasteiger partial charge on any atom is 0.412 e. The second-order valence-electron chi connectivity index (χ2n) is 3.48. The number of para-hydroxylation sites is 1. The molecule has 0 spiro atoms. The highest BCUT2D eigenvalue weighted by molar-refractivity contribution is 5.70. The van der Waals surface area contributed by atoms with Gasteiger partial charge in [-0.3, -0.25) is 0 Å². The first-order chi connectivity index (χ1) is 7.83. The number of nitrogens with two attached hydrogens (primary N) is 1. The van der Waals surface area contributed by atoms with E-state index in [2.05, 4.69) is 5.32 Å². The number of carbonyl (C=O) groups excluding carboxylic acids is 1. The van der Waals surface area contributed by atoms with Crippen LogP contribution in [0.2, 0.25) is 0 Å². The van der Waals surface area contributed by atoms with Crippen LogP contribution in [0.3, 0.4) is 0 Å². The van der Waals surface area contributed by atoms with Crippen molar-refractivity contribution in [2.45, 2.75) is 19.3 Å². The first kappa shape index (κ1) is 12.5. The molecule has 0 heterocycles. The van der Waals surface area contributed by atoms with Crippen LogP contribution in [0.4, 0.5) is 4.79 Å². The summed E-state index contributed by atoms with van der Waals surface area (Å²) in [5.74, 6) is 0.557. The van der Waals surface area contributed by atoms with Crippen LogP contribution >= 0.6 is 0 Å². The molecule has 0 aliphatic rings. The minimum absolute atomic E-state index is 0.404. The molecule has 1 rings (SSSR count). The van der Waals surface area contributed by atoms with E-state index in [0.717, 1.165) is 19.3 Å². The lowest BCUT2D eigenvalue weighted by atomic mass is 10.2. The normalized spacial score (nSPS) is 9.81. The zero-order valence-electron chi connectivity index (χ0n) is 9.32. The van der Waals surface area contributed by atoms with Crippen molar-refractivity contribution in [3.63, 3.8) is 0 Å². The van der Waals surface area contributed by atoms with Crippen LogP contribution in [0.5, 0.6) is 5.75 Å². The predicted molar refractivity (Wildman–Crippen MR) is 63.4 cm³/mol. The van der Waals surface area contributed by atoms with E-state index in [1.54, 1.807) is 12.1 Å². The number of benzene rings is 1. The van der Waals surface area contributed by atoms with Gasteiger partial charge in [0.2, 0.25) is 0 Å². The Bertz CT molecular complexity index is 301. The summed E-state index contributed by atoms with van der Waals surface area (Å²) in [5.41, 5.74) is 5.36. The van der Waals surface area contributed by atoms with Gasteiger partial charge in [0, 0.05) is 6.54 Å². The highest BCUT2D eigenvalue weighted by Gasteiger charge is 2.01. The number of ether oxygens (including phenoxy) is 1. The Morgan fingerprint density at radius 3 is 2.62 bits per heavy atom. The van der Waals surface area contributed by atoms with E-state index in [9.17, 15) is 4.79 Å². The fourth-order valence-electron chi connectivity index (χ4n) is 1.27. The van der Waals surface area contributed by atoms with Crippen molar-refractivity contribution in [3.05, 3.63) is 30.3 Å². The first-order valence-corrected chi connectivity index (χ1v) is 5.53. The van der Waals surface area contributed by atoms with Gasteiger partial charge in [-0.1, -0.05) is 24.6 Å². The maximum absolute atomic E-state index is 11.3. The van der Waals surface area contributed by atoms with E-state index in [-0.39, 0.29) is 0 Å². The molecule has 0 radical (unpaired) electrons. The zero-order chi connectivity index (χ0) is 11.6. The van der Waals surface area contributed by atoms with Gasteiger partial charge >= 0.3 is 6.09 Å². The Labute approximate surface area is 95.8 Å². The van der Waals surface area contributed by atoms with Crippen molar-refractivity contribution in [1.82, 2.24) is 5.32 Å². The number of hydrogen-bond donors (Lipinski definition) is 2. The van der Waals surface area contributed by atoms with E-state index >= 15 is 0 Å². The molecule has 0 aliphatic carbocycles. The van der Waals surface area contributed by atoms with Gasteiger partial charge in [-0.2, -0.15) is 0 Å². The van der Waals surface area contributed by atoms with Crippen molar-refractivity contribution >= 4 is 6.09 Å². The third-order valence-corrected chi connectivity index (χ3v) is 2.10. The lowest BCUT2D eigenvalue weighted by Crippen LogP contribution is -2.27. The molecular weight excluding hydrogens is 204 g/mol. The Morgan fingerprint density at radius 2 is 1.94 bits per heavy atom. The summed E-state index contributed by atoms with van der Waals surface area (Å²) in [4.78, 5) is 11.3. The van der Waals surface area contributed by atoms with Crippen LogP contribution < -0.4 is 15.8 Å². The molecule has 16 heavy (non-hydrogen) atoms. The molecule has 88 valence electrons. The maximum atomic E-state index is 11.3. The Balaban J connectivity index is 2.12. The topological polar surface area (TPSA) is 64.3 Å². The largest absolute Gasteiger partial charge is 0.412 e. The van der Waals surface area contributed by atoms with E-state index < -0.39 is 6.09 Å². The van der Waals surface area contributed by atoms with E-state index in [0.29, 0.717) is 18.8 Å². The number of hydrogen-bond acceptors (Lipinski definition) is 3. The fraction of sp³-hybridized carbons (Fsp3) is 0.417. The van der Waals surface area contributed by atoms with Crippen molar-refractivity contribution in [2.75, 3.05) is 13.1 Å². The summed E-state index contributed by atoms with van der Waals surface area (Å²) in [6, 6.07) is 9.01. The quantitative estimate of drug-likeness (QED) is 0.722. The lowest BCUT2D eigenvalue weighted by Gasteiger charge is -2.05. The molecule has 0 aliphatic heterocycles. The molecule has 0 fully saturated rings. The molecular formula is C12H18N2O2. The van der Waals surface area contributed by atoms with Gasteiger partial charge in [0.05, 0.1) is 0 Å². The summed E-state index contributed by atoms with van der Waals surface area (Å²) in [5, 5.41) is 2.69. The minimum atomic E-state index is -0.404. The molecule has 0 saturated carbocycles. The van der Waals surface area contributed by atoms with Crippen molar-refractivity contribution in [2.24, 2.45) is 5.73 Å². The molecule has 0 bridgehead atoms. The van der Waals surface area contributed by atoms with Crippen LogP contribution in [0.15, 0.2) is 30.3 Å². The first-order valence-electron chi connectivity index (χ1n) is 5.53. The van der Waals surface area contributed by atoms with Crippen molar-refractivity contribution in [1.29, 1.82) is 0 Å². The van der Waals surface area contributed by atoms with Crippen molar-refractivity contribution < 1.29 is 9.53 Å². The highest BCUT2D eigenvalue weighted by Crippen LogP contribution is 2.07. The van der Waals surface area contributed by atoms with Gasteiger partial charge in [0.1, 0.15) is 5.75 Å². The number of nitrogens with one attached hydrogen (secondary N) is 1. The van der Waals surface area contributed by atoms with E-state index in [4.69, 9.17) is 10.5 Å². The molecule has 4 heteroatoms. The second kappa shape index (κ2) is 7.70. The van der Waals surface area contributed by atoms with Crippen LogP contribution in [-0.2, 0) is 0 Å². The standard InChI is InChI=1S/C12H18N2O2/c13-9-5-2-6-10-14-12(15)16-11-7-3-1-4-8-11/h1,3-4,7-8H,2,5-6,9-10,13H2,(H,14,15). The van der Waals surface area contributed by atoms with Gasteiger partial charge in [0.15, 0.2) is 0 Å². The summed E-state index contributed by atoms with van der Waals surface area (Å²) in [6.07, 6.45) is 2.55. The monoisotopic (exact) mass is 222 g/mol. The second-order valence-corrected chi connectivity index (χ2v) is 3.48. The predicted octanol–water partition coefficient (Wildman–Crippen LogP) is 1.90. The molecule has 0 aromatic heterocycles. The van der Waals surface area contributed by atoms with Gasteiger partial charge in [0.25, 0.3) is 0 Å². The third kappa shape index (κ3) is 5.36. The molecule has 0 atom stereocenters. The number of unbranched alkanes of at least 4 members (excludes halogenated alkanes) is 2. The molecule has 4 nitrogen and oxygen atoms in total. The number of rotatable bonds is 6. The Kier molecular flexibility index (Phi) is 6.03. The summed E-state index contributed by atoms with van der Waals surface area (Å²) in [6.45, 7) is 1.33. The fourth-order valence-corrected chi connectivity index (χ4v) is 1.27. The average molecular weight is 222 g/mol. The van der Waals surface area contributed by atoms with Crippen molar-refractivity contribution in [3.8, 4) is 5.75 Å². The van der Waals surface area contributed by atoms with Crippen LogP contribution in [0.1, 0.15) is 19.3 Å². The Morgan fingerprint density at radius 1 is 1.19 bits per heavy atom. The van der Waals surface area contributed by atoms with Crippen LogP contribution in [0.25, 0.3) is 0 Å². The van der Waals surface area contributed by atoms with Crippen LogP contribution in [-0.4, -0.2) is 19.2 Å². The van der Waals surface area contributed by atoms with Gasteiger partial charge in [-0.05, 0) is 31.5 Å². The van der Waals surface area contributed by atoms with Gasteiger partial charge in [-0.25, -0.2) is 4.79 Å². The van der Waals surface area contributed by atoms with E-state index in [1.807, 2.05) is 18.2 Å². The molecule has 0 unspecified atom stereocenters. The van der Waals surface area contributed by atoms with Gasteiger partial charge < -0.3 is 15.8 Å². The van der Waals surface area contributed by atoms with Crippen LogP contribution in [0, 0.1) is 0 Å². The average Bonchev–Trinajstić information content (AvgIpc) is 2.30. The SMILES string of the molecule is NCCCCCNC(=O)Oc1ccccc1. The molecule has 3 N–H and O–H groups in total. The highest BCUT2D eigenvalue weighted by atomic mass is 16.5. The zero-order valence-corrected chi connectivity index (χ0v) is 9.32. The Hall–Kier alpha value is -1.55. The van der Waals surface area contributed by atoms with E-state index in [1.165, 1.54) is 0 Å². The summed E-state index contributed by atoms with van der Waals surface area (Å²) in [7, 11) is 0. The third-order valence-electron chi connectivity index (χ3n) is 2.10. The molecule has 0 saturated heterocycles.